The Bertz CT molecular complexity index is 1380. The van der Waals surface area contributed by atoms with E-state index in [4.69, 9.17) is 18.9 Å². The first-order valence-electron chi connectivity index (χ1n) is 14.7. The van der Waals surface area contributed by atoms with Gasteiger partial charge in [-0.15, -0.1) is 0 Å². The molecule has 0 radical (unpaired) electrons. The van der Waals surface area contributed by atoms with Gasteiger partial charge in [0.2, 0.25) is 12.5 Å². The molecule has 2 fully saturated rings. The summed E-state index contributed by atoms with van der Waals surface area (Å²) in [5.41, 5.74) is 4.90. The number of hydrogen-bond acceptors (Lipinski definition) is 7. The summed E-state index contributed by atoms with van der Waals surface area (Å²) in [5.74, 6) is 11.1. The first kappa shape index (κ1) is 26.0. The molecule has 7 atom stereocenters. The number of aliphatic hydroxyl groups is 2. The van der Waals surface area contributed by atoms with Gasteiger partial charge in [0.05, 0.1) is 19.3 Å². The van der Waals surface area contributed by atoms with E-state index in [1.807, 2.05) is 0 Å². The summed E-state index contributed by atoms with van der Waals surface area (Å²) >= 11 is 0. The van der Waals surface area contributed by atoms with Crippen LogP contribution in [0.2, 0.25) is 0 Å². The number of nitrogens with zero attached hydrogens (tertiary/aromatic N) is 1. The van der Waals surface area contributed by atoms with Crippen LogP contribution < -0.4 is 18.9 Å². The van der Waals surface area contributed by atoms with Gasteiger partial charge in [-0.25, -0.2) is 0 Å². The van der Waals surface area contributed by atoms with Crippen LogP contribution in [0, 0.1) is 29.1 Å². The summed E-state index contributed by atoms with van der Waals surface area (Å²) in [6, 6.07) is 8.49. The van der Waals surface area contributed by atoms with Crippen LogP contribution in [-0.4, -0.2) is 61.4 Å². The molecule has 2 aliphatic heterocycles. The maximum atomic E-state index is 10.7. The smallest absolute Gasteiger partial charge is 0.231 e. The second-order valence-electron chi connectivity index (χ2n) is 12.5. The highest BCUT2D eigenvalue weighted by molar-refractivity contribution is 5.63. The summed E-state index contributed by atoms with van der Waals surface area (Å²) in [4.78, 5) is 2.24. The minimum absolute atomic E-state index is 0.109. The average molecular weight is 546 g/mol. The van der Waals surface area contributed by atoms with Crippen molar-refractivity contribution in [3.05, 3.63) is 46.5 Å². The van der Waals surface area contributed by atoms with E-state index >= 15 is 0 Å². The highest BCUT2D eigenvalue weighted by atomic mass is 16.7. The number of methoxy groups -OCH3 is 1. The van der Waals surface area contributed by atoms with Gasteiger partial charge in [0.1, 0.15) is 18.4 Å². The second-order valence-corrected chi connectivity index (χ2v) is 12.5. The molecule has 7 heteroatoms. The Hall–Kier alpha value is -2.92. The summed E-state index contributed by atoms with van der Waals surface area (Å²) in [6.45, 7) is 3.62. The van der Waals surface area contributed by atoms with Crippen LogP contribution >= 0.6 is 0 Å². The molecule has 7 rings (SSSR count). The molecule has 2 N–H and O–H groups in total. The lowest BCUT2D eigenvalue weighted by molar-refractivity contribution is -0.0505. The topological polar surface area (TPSA) is 80.6 Å². The molecule has 7 nitrogen and oxygen atoms in total. The lowest BCUT2D eigenvalue weighted by Gasteiger charge is -2.49. The Morgan fingerprint density at radius 1 is 1.12 bits per heavy atom. The van der Waals surface area contributed by atoms with Crippen molar-refractivity contribution >= 4 is 0 Å². The maximum Gasteiger partial charge on any atom is 0.231 e. The van der Waals surface area contributed by atoms with Gasteiger partial charge in [-0.05, 0) is 104 Å². The van der Waals surface area contributed by atoms with Gasteiger partial charge < -0.3 is 29.2 Å². The van der Waals surface area contributed by atoms with Gasteiger partial charge in [-0.3, -0.25) is 4.90 Å². The monoisotopic (exact) mass is 545 g/mol. The predicted octanol–water partition coefficient (Wildman–Crippen LogP) is 4.22. The van der Waals surface area contributed by atoms with Gasteiger partial charge in [0.25, 0.3) is 0 Å². The van der Waals surface area contributed by atoms with Crippen molar-refractivity contribution in [2.75, 3.05) is 34.1 Å². The normalized spacial score (nSPS) is 33.6. The number of fused-ring (bicyclic) bond motifs is 7. The van der Waals surface area contributed by atoms with Crippen LogP contribution in [0.1, 0.15) is 66.8 Å². The zero-order valence-corrected chi connectivity index (χ0v) is 23.6. The molecule has 2 aromatic rings. The number of likely N-dealkylation sites (N-methyl/N-ethyl adjacent to an activating group) is 1. The van der Waals surface area contributed by atoms with Crippen LogP contribution in [0.3, 0.4) is 0 Å². The standard InChI is InChI=1S/C33H39NO6/c1-33-12-10-23-22-9-7-21(15-19(22)6-8-24(23)25(33)17-27(35)32(33)36)38-14-4-5-26-29-20(11-13-34(26)2)16-28-30(31(29)37-3)40-18-39-28/h7,9,15-16,23-27,32,35-36H,6,8,10-14,17-18H2,1-3H3/t23-,24-,25+,26+,27+,32+,33+/m1/s1. The van der Waals surface area contributed by atoms with Crippen LogP contribution in [0.5, 0.6) is 23.0 Å². The van der Waals surface area contributed by atoms with E-state index in [0.29, 0.717) is 30.1 Å². The highest BCUT2D eigenvalue weighted by Gasteiger charge is 2.57. The Kier molecular flexibility index (Phi) is 6.42. The Morgan fingerprint density at radius 3 is 2.85 bits per heavy atom. The number of aryl methyl sites for hydroxylation is 1. The zero-order chi connectivity index (χ0) is 27.6. The molecule has 2 aromatic carbocycles. The van der Waals surface area contributed by atoms with E-state index < -0.39 is 12.2 Å². The number of hydrogen-bond donors (Lipinski definition) is 2. The third-order valence-corrected chi connectivity index (χ3v) is 10.6. The molecule has 0 spiro atoms. The molecule has 0 unspecified atom stereocenters. The number of aliphatic hydroxyl groups excluding tert-OH is 2. The fourth-order valence-electron chi connectivity index (χ4n) is 8.51. The largest absolute Gasteiger partial charge is 0.492 e. The predicted molar refractivity (Wildman–Crippen MR) is 150 cm³/mol. The average Bonchev–Trinajstić information content (AvgIpc) is 3.52. The van der Waals surface area contributed by atoms with Crippen molar-refractivity contribution in [3.8, 4) is 34.8 Å². The minimum Gasteiger partial charge on any atom is -0.492 e. The summed E-state index contributed by atoms with van der Waals surface area (Å²) < 4.78 is 23.2. The molecule has 212 valence electrons. The fraction of sp³-hybridized carbons (Fsp3) is 0.576. The Balaban J connectivity index is 1.06. The molecule has 2 saturated carbocycles. The zero-order valence-electron chi connectivity index (χ0n) is 23.6. The third-order valence-electron chi connectivity index (χ3n) is 10.6. The molecule has 0 bridgehead atoms. The van der Waals surface area contributed by atoms with Crippen LogP contribution in [0.25, 0.3) is 0 Å². The molecule has 0 aromatic heterocycles. The van der Waals surface area contributed by atoms with Crippen molar-refractivity contribution in [1.29, 1.82) is 0 Å². The SMILES string of the molecule is COc1c2c(cc3c1[C@H](C#CCOc1ccc4c(c1)CC[C@@H]1[C@@H]4CC[C@]4(C)[C@@H](O)[C@@H](O)C[C@@H]14)N(C)CC3)OCO2. The van der Waals surface area contributed by atoms with Crippen LogP contribution in [0.15, 0.2) is 24.3 Å². The van der Waals surface area contributed by atoms with Gasteiger partial charge in [0, 0.05) is 12.1 Å². The van der Waals surface area contributed by atoms with Crippen LogP contribution in [-0.2, 0) is 12.8 Å². The van der Waals surface area contributed by atoms with Gasteiger partial charge in [-0.2, -0.15) is 0 Å². The van der Waals surface area contributed by atoms with E-state index in [1.54, 1.807) is 7.11 Å². The molecule has 2 heterocycles. The Morgan fingerprint density at radius 2 is 2.00 bits per heavy atom. The van der Waals surface area contributed by atoms with E-state index in [-0.39, 0.29) is 18.2 Å². The first-order chi connectivity index (χ1) is 19.4. The van der Waals surface area contributed by atoms with E-state index in [9.17, 15) is 10.2 Å². The van der Waals surface area contributed by atoms with Gasteiger partial charge in [0.15, 0.2) is 11.5 Å². The molecule has 0 saturated heterocycles. The fourth-order valence-corrected chi connectivity index (χ4v) is 8.51. The minimum atomic E-state index is -0.595. The molecule has 40 heavy (non-hydrogen) atoms. The highest BCUT2D eigenvalue weighted by Crippen LogP contribution is 2.61. The molecule has 3 aliphatic carbocycles. The molecular weight excluding hydrogens is 506 g/mol. The van der Waals surface area contributed by atoms with Crippen molar-refractivity contribution in [1.82, 2.24) is 4.90 Å². The Labute approximate surface area is 236 Å². The second kappa shape index (κ2) is 9.87. The van der Waals surface area contributed by atoms with Gasteiger partial charge >= 0.3 is 0 Å². The van der Waals surface area contributed by atoms with E-state index in [2.05, 4.69) is 55.0 Å². The lowest BCUT2D eigenvalue weighted by Crippen LogP contribution is -2.44. The number of ether oxygens (including phenoxy) is 4. The lowest BCUT2D eigenvalue weighted by atomic mass is 9.55. The van der Waals surface area contributed by atoms with Crippen molar-refractivity contribution in [2.24, 2.45) is 17.3 Å². The quantitative estimate of drug-likeness (QED) is 0.559. The van der Waals surface area contributed by atoms with E-state index in [1.165, 1.54) is 16.7 Å². The summed E-state index contributed by atoms with van der Waals surface area (Å²) in [5, 5.41) is 21.1. The molecule has 0 amide bonds. The first-order valence-corrected chi connectivity index (χ1v) is 14.7. The van der Waals surface area contributed by atoms with Crippen molar-refractivity contribution < 1.29 is 29.2 Å². The summed E-state index contributed by atoms with van der Waals surface area (Å²) in [7, 11) is 3.76. The van der Waals surface area contributed by atoms with Crippen molar-refractivity contribution in [3.63, 3.8) is 0 Å². The van der Waals surface area contributed by atoms with E-state index in [0.717, 1.165) is 67.9 Å². The van der Waals surface area contributed by atoms with Crippen LogP contribution in [0.4, 0.5) is 0 Å². The number of rotatable bonds is 3. The maximum absolute atomic E-state index is 10.7. The van der Waals surface area contributed by atoms with Crippen molar-refractivity contribution in [2.45, 2.75) is 69.6 Å². The third kappa shape index (κ3) is 3.99. The van der Waals surface area contributed by atoms with Gasteiger partial charge in [-0.1, -0.05) is 24.8 Å². The molecule has 5 aliphatic rings. The summed E-state index contributed by atoms with van der Waals surface area (Å²) in [6.07, 6.45) is 4.61. The molecular formula is C33H39NO6. The number of benzene rings is 2.